The lowest BCUT2D eigenvalue weighted by molar-refractivity contribution is 0.0721. The van der Waals surface area contributed by atoms with E-state index >= 15 is 0 Å². The summed E-state index contributed by atoms with van der Waals surface area (Å²) in [6, 6.07) is 0.583. The first-order valence-electron chi connectivity index (χ1n) is 18.8. The summed E-state index contributed by atoms with van der Waals surface area (Å²) in [5, 5.41) is 0. The monoisotopic (exact) mass is 576 g/mol. The summed E-state index contributed by atoms with van der Waals surface area (Å²) in [4.78, 5) is 2.38. The van der Waals surface area contributed by atoms with Crippen molar-refractivity contribution in [3.8, 4) is 0 Å². The van der Waals surface area contributed by atoms with Crippen LogP contribution in [-0.4, -0.2) is 38.3 Å². The molecule has 2 nitrogen and oxygen atoms in total. The van der Waals surface area contributed by atoms with Crippen molar-refractivity contribution >= 4 is 0 Å². The Morgan fingerprint density at radius 1 is 0.463 bits per heavy atom. The highest BCUT2D eigenvalue weighted by atomic mass is 16.5. The van der Waals surface area contributed by atoms with Crippen LogP contribution in [0.4, 0.5) is 0 Å². The van der Waals surface area contributed by atoms with Crippen LogP contribution in [0.2, 0.25) is 0 Å². The molecule has 0 rings (SSSR count). The van der Waals surface area contributed by atoms with Crippen LogP contribution in [0.25, 0.3) is 0 Å². The molecule has 0 amide bonds. The maximum Gasteiger partial charge on any atom is 0.0621 e. The summed E-state index contributed by atoms with van der Waals surface area (Å²) >= 11 is 0. The summed E-state index contributed by atoms with van der Waals surface area (Å²) < 4.78 is 6.10. The first-order valence-corrected chi connectivity index (χ1v) is 18.8. The average molecular weight is 576 g/mol. The SMILES string of the molecule is CCCCCC=CCC=CCCCCCCCCC[C@H](COCCCCCCCCCCCCCCCC)N(C)C. The maximum atomic E-state index is 6.10. The minimum Gasteiger partial charge on any atom is -0.380 e. The molecule has 1 atom stereocenters. The van der Waals surface area contributed by atoms with Crippen LogP contribution >= 0.6 is 0 Å². The fraction of sp³-hybridized carbons (Fsp3) is 0.897. The Morgan fingerprint density at radius 3 is 1.34 bits per heavy atom. The lowest BCUT2D eigenvalue weighted by atomic mass is 10.0. The number of likely N-dealkylation sites (N-methyl/N-ethyl adjacent to an activating group) is 1. The summed E-state index contributed by atoms with van der Waals surface area (Å²) in [6.07, 6.45) is 47.9. The molecule has 0 N–H and O–H groups in total. The van der Waals surface area contributed by atoms with Gasteiger partial charge in [-0.25, -0.2) is 0 Å². The van der Waals surface area contributed by atoms with Gasteiger partial charge in [-0.15, -0.1) is 0 Å². The molecule has 0 aromatic rings. The smallest absolute Gasteiger partial charge is 0.0621 e. The zero-order valence-electron chi connectivity index (χ0n) is 29.0. The lowest BCUT2D eigenvalue weighted by Gasteiger charge is -2.24. The minimum absolute atomic E-state index is 0.583. The highest BCUT2D eigenvalue weighted by molar-refractivity contribution is 4.92. The van der Waals surface area contributed by atoms with Gasteiger partial charge in [0.05, 0.1) is 6.61 Å². The van der Waals surface area contributed by atoms with Gasteiger partial charge in [0, 0.05) is 12.6 Å². The van der Waals surface area contributed by atoms with Crippen LogP contribution in [0.15, 0.2) is 24.3 Å². The number of hydrogen-bond donors (Lipinski definition) is 0. The zero-order valence-corrected chi connectivity index (χ0v) is 29.0. The van der Waals surface area contributed by atoms with Crippen molar-refractivity contribution in [1.29, 1.82) is 0 Å². The molecule has 0 bridgehead atoms. The number of ether oxygens (including phenoxy) is 1. The van der Waals surface area contributed by atoms with E-state index in [0.717, 1.165) is 19.6 Å². The van der Waals surface area contributed by atoms with Crippen LogP contribution in [0.5, 0.6) is 0 Å². The molecule has 0 radical (unpaired) electrons. The van der Waals surface area contributed by atoms with E-state index in [2.05, 4.69) is 57.1 Å². The van der Waals surface area contributed by atoms with Gasteiger partial charge in [0.2, 0.25) is 0 Å². The highest BCUT2D eigenvalue weighted by Crippen LogP contribution is 2.15. The average Bonchev–Trinajstić information content (AvgIpc) is 2.97. The second-order valence-corrected chi connectivity index (χ2v) is 13.0. The fourth-order valence-corrected chi connectivity index (χ4v) is 5.65. The van der Waals surface area contributed by atoms with Crippen LogP contribution in [-0.2, 0) is 4.74 Å². The molecule has 0 spiro atoms. The molecule has 0 saturated heterocycles. The van der Waals surface area contributed by atoms with Crippen molar-refractivity contribution in [2.45, 2.75) is 200 Å². The van der Waals surface area contributed by atoms with Gasteiger partial charge >= 0.3 is 0 Å². The molecule has 0 aliphatic rings. The molecule has 2 heteroatoms. The van der Waals surface area contributed by atoms with Crippen molar-refractivity contribution in [2.75, 3.05) is 27.3 Å². The number of nitrogens with zero attached hydrogens (tertiary/aromatic N) is 1. The number of unbranched alkanes of at least 4 members (excludes halogenated alkanes) is 23. The van der Waals surface area contributed by atoms with Crippen LogP contribution in [0, 0.1) is 0 Å². The van der Waals surface area contributed by atoms with Crippen molar-refractivity contribution in [2.24, 2.45) is 0 Å². The van der Waals surface area contributed by atoms with E-state index < -0.39 is 0 Å². The van der Waals surface area contributed by atoms with Gasteiger partial charge in [-0.2, -0.15) is 0 Å². The van der Waals surface area contributed by atoms with E-state index in [9.17, 15) is 0 Å². The Hall–Kier alpha value is -0.600. The van der Waals surface area contributed by atoms with Gasteiger partial charge in [0.15, 0.2) is 0 Å². The van der Waals surface area contributed by atoms with Gasteiger partial charge < -0.3 is 9.64 Å². The minimum atomic E-state index is 0.583. The van der Waals surface area contributed by atoms with Crippen LogP contribution < -0.4 is 0 Å². The third-order valence-electron chi connectivity index (χ3n) is 8.67. The lowest BCUT2D eigenvalue weighted by Crippen LogP contribution is -2.32. The molecule has 0 aromatic carbocycles. The number of rotatable bonds is 34. The molecule has 41 heavy (non-hydrogen) atoms. The molecular formula is C39H77NO. The first kappa shape index (κ1) is 40.4. The van der Waals surface area contributed by atoms with Crippen molar-refractivity contribution < 1.29 is 4.74 Å². The van der Waals surface area contributed by atoms with Gasteiger partial charge in [-0.3, -0.25) is 0 Å². The molecule has 244 valence electrons. The van der Waals surface area contributed by atoms with E-state index in [-0.39, 0.29) is 0 Å². The molecule has 0 aliphatic carbocycles. The van der Waals surface area contributed by atoms with E-state index in [1.165, 1.54) is 173 Å². The molecule has 0 fully saturated rings. The predicted octanol–water partition coefficient (Wildman–Crippen LogP) is 13.0. The molecule has 0 aromatic heterocycles. The normalized spacial score (nSPS) is 12.9. The second kappa shape index (κ2) is 35.6. The van der Waals surface area contributed by atoms with E-state index in [4.69, 9.17) is 4.74 Å². The van der Waals surface area contributed by atoms with Gasteiger partial charge in [-0.05, 0) is 59.0 Å². The highest BCUT2D eigenvalue weighted by Gasteiger charge is 2.11. The van der Waals surface area contributed by atoms with E-state index in [0.29, 0.717) is 6.04 Å². The Morgan fingerprint density at radius 2 is 0.854 bits per heavy atom. The molecule has 0 saturated carbocycles. The number of allylic oxidation sites excluding steroid dienone is 4. The Balaban J connectivity index is 3.44. The summed E-state index contributed by atoms with van der Waals surface area (Å²) in [5.74, 6) is 0. The van der Waals surface area contributed by atoms with Crippen LogP contribution in [0.1, 0.15) is 194 Å². The molecule has 0 unspecified atom stereocenters. The largest absolute Gasteiger partial charge is 0.380 e. The topological polar surface area (TPSA) is 12.5 Å². The molecule has 0 aliphatic heterocycles. The van der Waals surface area contributed by atoms with Gasteiger partial charge in [0.25, 0.3) is 0 Å². The Bertz CT molecular complexity index is 526. The van der Waals surface area contributed by atoms with E-state index in [1.807, 2.05) is 0 Å². The molecular weight excluding hydrogens is 498 g/mol. The van der Waals surface area contributed by atoms with E-state index in [1.54, 1.807) is 0 Å². The second-order valence-electron chi connectivity index (χ2n) is 13.0. The Labute approximate surface area is 260 Å². The first-order chi connectivity index (χ1) is 20.2. The zero-order chi connectivity index (χ0) is 29.9. The van der Waals surface area contributed by atoms with Crippen LogP contribution in [0.3, 0.4) is 0 Å². The standard InChI is InChI=1S/C39H77NO/c1-5-7-9-11-13-15-17-19-21-22-23-24-26-28-30-32-34-36-39(40(3)4)38-41-37-35-33-31-29-27-25-20-18-16-14-12-10-8-6-2/h13,15,19,21,39H,5-12,14,16-18,20,22-38H2,1-4H3/t39-/m1/s1. The van der Waals surface area contributed by atoms with Crippen molar-refractivity contribution in [3.63, 3.8) is 0 Å². The maximum absolute atomic E-state index is 6.10. The van der Waals surface area contributed by atoms with Crippen molar-refractivity contribution in [3.05, 3.63) is 24.3 Å². The summed E-state index contributed by atoms with van der Waals surface area (Å²) in [6.45, 7) is 6.43. The number of hydrogen-bond acceptors (Lipinski definition) is 2. The fourth-order valence-electron chi connectivity index (χ4n) is 5.65. The Kier molecular flexibility index (Phi) is 35.1. The third-order valence-corrected chi connectivity index (χ3v) is 8.67. The summed E-state index contributed by atoms with van der Waals surface area (Å²) in [5.41, 5.74) is 0. The molecule has 0 heterocycles. The quantitative estimate of drug-likeness (QED) is 0.0559. The van der Waals surface area contributed by atoms with Crippen molar-refractivity contribution in [1.82, 2.24) is 4.90 Å². The van der Waals surface area contributed by atoms with Gasteiger partial charge in [0.1, 0.15) is 0 Å². The summed E-state index contributed by atoms with van der Waals surface area (Å²) in [7, 11) is 4.44. The third kappa shape index (κ3) is 33.8. The predicted molar refractivity (Wildman–Crippen MR) is 187 cm³/mol. The van der Waals surface area contributed by atoms with Gasteiger partial charge in [-0.1, -0.05) is 173 Å².